The normalized spacial score (nSPS) is 20.5. The van der Waals surface area contributed by atoms with Crippen LogP contribution in [0, 0.1) is 11.7 Å². The number of carbonyl (C=O) groups excluding carboxylic acids is 1. The van der Waals surface area contributed by atoms with Crippen molar-refractivity contribution in [2.45, 2.75) is 64.0 Å². The Morgan fingerprint density at radius 2 is 1.93 bits per heavy atom. The number of nitrogens with zero attached hydrogens (tertiary/aromatic N) is 3. The lowest BCUT2D eigenvalue weighted by Crippen LogP contribution is -2.32. The van der Waals surface area contributed by atoms with Crippen LogP contribution in [0.2, 0.25) is 0 Å². The molecule has 1 unspecified atom stereocenters. The highest BCUT2D eigenvalue weighted by Gasteiger charge is 2.34. The predicted octanol–water partition coefficient (Wildman–Crippen LogP) is 4.42. The van der Waals surface area contributed by atoms with E-state index in [2.05, 4.69) is 10.1 Å². The number of likely N-dealkylation sites (tertiary alicyclic amines) is 1. The van der Waals surface area contributed by atoms with Gasteiger partial charge in [-0.05, 0) is 55.9 Å². The zero-order valence-corrected chi connectivity index (χ0v) is 16.0. The minimum atomic E-state index is -0.313. The van der Waals surface area contributed by atoms with Crippen LogP contribution >= 0.6 is 0 Å². The SMILES string of the molecule is O=C(CC1CCCCC1)N1CCCC1c1noc(COc2ccc(F)cc2)n1. The molecule has 2 heterocycles. The fraction of sp³-hybridized carbons (Fsp3) is 0.571. The van der Waals surface area contributed by atoms with Crippen LogP contribution in [0.5, 0.6) is 5.75 Å². The van der Waals surface area contributed by atoms with Gasteiger partial charge in [0.25, 0.3) is 5.89 Å². The lowest BCUT2D eigenvalue weighted by atomic mass is 9.86. The van der Waals surface area contributed by atoms with E-state index in [-0.39, 0.29) is 24.4 Å². The lowest BCUT2D eigenvalue weighted by molar-refractivity contribution is -0.133. The monoisotopic (exact) mass is 387 g/mol. The maximum absolute atomic E-state index is 12.9. The van der Waals surface area contributed by atoms with E-state index in [1.165, 1.54) is 31.4 Å². The van der Waals surface area contributed by atoms with E-state index in [4.69, 9.17) is 9.26 Å². The Morgan fingerprint density at radius 3 is 2.71 bits per heavy atom. The smallest absolute Gasteiger partial charge is 0.264 e. The zero-order chi connectivity index (χ0) is 19.3. The maximum atomic E-state index is 12.9. The van der Waals surface area contributed by atoms with Crippen LogP contribution in [0.15, 0.2) is 28.8 Å². The number of benzene rings is 1. The maximum Gasteiger partial charge on any atom is 0.264 e. The van der Waals surface area contributed by atoms with Crippen LogP contribution in [0.3, 0.4) is 0 Å². The van der Waals surface area contributed by atoms with Gasteiger partial charge in [0.15, 0.2) is 12.4 Å². The molecule has 0 radical (unpaired) electrons. The molecule has 1 aromatic carbocycles. The van der Waals surface area contributed by atoms with Crippen molar-refractivity contribution in [3.8, 4) is 5.75 Å². The highest BCUT2D eigenvalue weighted by molar-refractivity contribution is 5.77. The first-order valence-corrected chi connectivity index (χ1v) is 10.2. The van der Waals surface area contributed by atoms with Gasteiger partial charge in [-0.2, -0.15) is 4.98 Å². The molecule has 7 heteroatoms. The van der Waals surface area contributed by atoms with E-state index in [1.54, 1.807) is 12.1 Å². The average molecular weight is 387 g/mol. The Bertz CT molecular complexity index is 786. The number of aromatic nitrogens is 2. The molecule has 1 aliphatic carbocycles. The van der Waals surface area contributed by atoms with Gasteiger partial charge in [-0.1, -0.05) is 24.4 Å². The van der Waals surface area contributed by atoms with Crippen LogP contribution in [0.25, 0.3) is 0 Å². The molecule has 1 atom stereocenters. The van der Waals surface area contributed by atoms with Crippen LogP contribution in [0.1, 0.15) is 69.1 Å². The van der Waals surface area contributed by atoms with E-state index in [9.17, 15) is 9.18 Å². The molecule has 150 valence electrons. The van der Waals surface area contributed by atoms with Gasteiger partial charge in [-0.25, -0.2) is 4.39 Å². The predicted molar refractivity (Wildman–Crippen MR) is 99.9 cm³/mol. The number of amides is 1. The summed E-state index contributed by atoms with van der Waals surface area (Å²) in [6.45, 7) is 0.869. The van der Waals surface area contributed by atoms with Gasteiger partial charge in [0.1, 0.15) is 11.6 Å². The van der Waals surface area contributed by atoms with Crippen molar-refractivity contribution in [2.24, 2.45) is 5.92 Å². The molecule has 28 heavy (non-hydrogen) atoms. The summed E-state index contributed by atoms with van der Waals surface area (Å²) in [5.74, 6) is 1.85. The lowest BCUT2D eigenvalue weighted by Gasteiger charge is -2.26. The molecule has 4 rings (SSSR count). The van der Waals surface area contributed by atoms with Crippen molar-refractivity contribution in [1.82, 2.24) is 15.0 Å². The van der Waals surface area contributed by atoms with Gasteiger partial charge >= 0.3 is 0 Å². The van der Waals surface area contributed by atoms with Gasteiger partial charge in [-0.3, -0.25) is 4.79 Å². The number of ether oxygens (including phenoxy) is 1. The van der Waals surface area contributed by atoms with Crippen molar-refractivity contribution in [3.63, 3.8) is 0 Å². The molecule has 2 aromatic rings. The molecule has 1 aromatic heterocycles. The fourth-order valence-electron chi connectivity index (χ4n) is 4.23. The molecule has 2 fully saturated rings. The molecule has 1 aliphatic heterocycles. The van der Waals surface area contributed by atoms with Crippen LogP contribution < -0.4 is 4.74 Å². The topological polar surface area (TPSA) is 68.5 Å². The largest absolute Gasteiger partial charge is 0.484 e. The van der Waals surface area contributed by atoms with Crippen LogP contribution in [0.4, 0.5) is 4.39 Å². The van der Waals surface area contributed by atoms with Crippen molar-refractivity contribution in [2.75, 3.05) is 6.54 Å². The average Bonchev–Trinajstić information content (AvgIpc) is 3.38. The van der Waals surface area contributed by atoms with E-state index in [0.29, 0.717) is 29.8 Å². The third-order valence-electron chi connectivity index (χ3n) is 5.72. The number of hydrogen-bond acceptors (Lipinski definition) is 5. The standard InChI is InChI=1S/C21H26FN3O3/c22-16-8-10-17(11-9-16)27-14-19-23-21(24-28-19)18-7-4-12-25(18)20(26)13-15-5-2-1-3-6-15/h8-11,15,18H,1-7,12-14H2. The Labute approximate surface area is 164 Å². The minimum absolute atomic E-state index is 0.112. The Kier molecular flexibility index (Phi) is 5.88. The third-order valence-corrected chi connectivity index (χ3v) is 5.72. The second kappa shape index (κ2) is 8.71. The first-order valence-electron chi connectivity index (χ1n) is 10.2. The number of carbonyl (C=O) groups is 1. The van der Waals surface area contributed by atoms with Gasteiger partial charge in [0, 0.05) is 13.0 Å². The molecule has 1 amide bonds. The van der Waals surface area contributed by atoms with Crippen molar-refractivity contribution in [3.05, 3.63) is 41.8 Å². The molecular weight excluding hydrogens is 361 g/mol. The van der Waals surface area contributed by atoms with E-state index >= 15 is 0 Å². The molecule has 0 N–H and O–H groups in total. The van der Waals surface area contributed by atoms with Crippen molar-refractivity contribution >= 4 is 5.91 Å². The third kappa shape index (κ3) is 4.51. The van der Waals surface area contributed by atoms with Crippen molar-refractivity contribution < 1.29 is 18.4 Å². The quantitative estimate of drug-likeness (QED) is 0.734. The zero-order valence-electron chi connectivity index (χ0n) is 16.0. The Balaban J connectivity index is 1.35. The molecule has 1 saturated carbocycles. The van der Waals surface area contributed by atoms with Gasteiger partial charge in [0.2, 0.25) is 5.91 Å². The highest BCUT2D eigenvalue weighted by atomic mass is 19.1. The summed E-state index contributed by atoms with van der Waals surface area (Å²) in [6, 6.07) is 5.66. The summed E-state index contributed by atoms with van der Waals surface area (Å²) in [5.41, 5.74) is 0. The van der Waals surface area contributed by atoms with Crippen molar-refractivity contribution in [1.29, 1.82) is 0 Å². The minimum Gasteiger partial charge on any atom is -0.484 e. The summed E-state index contributed by atoms with van der Waals surface area (Å²) in [6.07, 6.45) is 8.55. The first-order chi connectivity index (χ1) is 13.7. The number of hydrogen-bond donors (Lipinski definition) is 0. The van der Waals surface area contributed by atoms with Crippen LogP contribution in [-0.2, 0) is 11.4 Å². The van der Waals surface area contributed by atoms with E-state index in [0.717, 1.165) is 32.2 Å². The fourth-order valence-corrected chi connectivity index (χ4v) is 4.23. The molecule has 6 nitrogen and oxygen atoms in total. The molecular formula is C21H26FN3O3. The summed E-state index contributed by atoms with van der Waals surface area (Å²) < 4.78 is 23.8. The Morgan fingerprint density at radius 1 is 1.14 bits per heavy atom. The van der Waals surface area contributed by atoms with Gasteiger partial charge in [-0.15, -0.1) is 0 Å². The van der Waals surface area contributed by atoms with Gasteiger partial charge in [0.05, 0.1) is 6.04 Å². The van der Waals surface area contributed by atoms with Crippen LogP contribution in [-0.4, -0.2) is 27.5 Å². The Hall–Kier alpha value is -2.44. The molecule has 1 saturated heterocycles. The summed E-state index contributed by atoms with van der Waals surface area (Å²) >= 11 is 0. The molecule has 0 bridgehead atoms. The second-order valence-corrected chi connectivity index (χ2v) is 7.74. The summed E-state index contributed by atoms with van der Waals surface area (Å²) in [5, 5.41) is 4.08. The highest BCUT2D eigenvalue weighted by Crippen LogP contribution is 2.33. The van der Waals surface area contributed by atoms with Gasteiger partial charge < -0.3 is 14.2 Å². The van der Waals surface area contributed by atoms with E-state index in [1.807, 2.05) is 4.90 Å². The number of rotatable bonds is 6. The summed E-state index contributed by atoms with van der Waals surface area (Å²) in [7, 11) is 0. The first kappa shape index (κ1) is 18.9. The second-order valence-electron chi connectivity index (χ2n) is 7.74. The number of halogens is 1. The molecule has 0 spiro atoms. The summed E-state index contributed by atoms with van der Waals surface area (Å²) in [4.78, 5) is 19.2. The molecule has 2 aliphatic rings. The van der Waals surface area contributed by atoms with E-state index < -0.39 is 0 Å².